The molecule has 7 heteroatoms. The minimum atomic E-state index is -0.0980. The fourth-order valence-electron chi connectivity index (χ4n) is 2.94. The number of nitrogens with one attached hydrogen (secondary N) is 1. The number of piperazine rings is 1. The minimum Gasteiger partial charge on any atom is -0.369 e. The van der Waals surface area contributed by atoms with Crippen LogP contribution in [0.25, 0.3) is 0 Å². The zero-order chi connectivity index (χ0) is 18.5. The van der Waals surface area contributed by atoms with E-state index in [2.05, 4.69) is 20.1 Å². The number of anilines is 2. The van der Waals surface area contributed by atoms with E-state index in [0.29, 0.717) is 17.4 Å². The molecule has 1 aromatic carbocycles. The summed E-state index contributed by atoms with van der Waals surface area (Å²) in [7, 11) is 0. The van der Waals surface area contributed by atoms with Crippen molar-refractivity contribution >= 4 is 34.7 Å². The molecule has 1 saturated heterocycles. The molecule has 1 aliphatic heterocycles. The number of amides is 1. The van der Waals surface area contributed by atoms with E-state index in [9.17, 15) is 9.59 Å². The Morgan fingerprint density at radius 3 is 2.42 bits per heavy atom. The number of benzene rings is 1. The molecule has 1 N–H and O–H groups in total. The summed E-state index contributed by atoms with van der Waals surface area (Å²) in [5, 5.41) is 3.09. The summed E-state index contributed by atoms with van der Waals surface area (Å²) in [5.74, 6) is -0.0275. The fourth-order valence-corrected chi connectivity index (χ4v) is 3.11. The highest BCUT2D eigenvalue weighted by molar-refractivity contribution is 6.32. The zero-order valence-corrected chi connectivity index (χ0v) is 15.4. The number of aromatic nitrogens is 1. The first-order valence-electron chi connectivity index (χ1n) is 8.51. The van der Waals surface area contributed by atoms with Crippen LogP contribution in [0.5, 0.6) is 0 Å². The maximum atomic E-state index is 12.2. The summed E-state index contributed by atoms with van der Waals surface area (Å²) in [4.78, 5) is 31.9. The van der Waals surface area contributed by atoms with Gasteiger partial charge in [0.1, 0.15) is 0 Å². The summed E-state index contributed by atoms with van der Waals surface area (Å²) >= 11 is 5.96. The van der Waals surface area contributed by atoms with Crippen molar-refractivity contribution < 1.29 is 9.59 Å². The highest BCUT2D eigenvalue weighted by Gasteiger charge is 2.19. The fraction of sp³-hybridized carbons (Fsp3) is 0.316. The van der Waals surface area contributed by atoms with E-state index in [4.69, 9.17) is 11.6 Å². The molecule has 0 atom stereocenters. The van der Waals surface area contributed by atoms with Gasteiger partial charge >= 0.3 is 0 Å². The average molecular weight is 373 g/mol. The van der Waals surface area contributed by atoms with Crippen molar-refractivity contribution in [3.8, 4) is 0 Å². The molecule has 0 saturated carbocycles. The van der Waals surface area contributed by atoms with E-state index in [0.717, 1.165) is 37.4 Å². The minimum absolute atomic E-state index is 0.0705. The second-order valence-corrected chi connectivity index (χ2v) is 6.61. The van der Waals surface area contributed by atoms with Gasteiger partial charge in [-0.25, -0.2) is 4.98 Å². The number of hydrogen-bond donors (Lipinski definition) is 1. The SMILES string of the molecule is CC(=O)c1ccc(N2CCN(CC(=O)Nc3cccnc3Cl)CC2)cc1. The van der Waals surface area contributed by atoms with Crippen LogP contribution in [0.3, 0.4) is 0 Å². The quantitative estimate of drug-likeness (QED) is 0.645. The molecule has 0 spiro atoms. The Bertz CT molecular complexity index is 786. The van der Waals surface area contributed by atoms with Gasteiger partial charge in [-0.15, -0.1) is 0 Å². The van der Waals surface area contributed by atoms with Gasteiger partial charge in [0.2, 0.25) is 5.91 Å². The largest absolute Gasteiger partial charge is 0.369 e. The van der Waals surface area contributed by atoms with Crippen molar-refractivity contribution in [2.24, 2.45) is 0 Å². The summed E-state index contributed by atoms with van der Waals surface area (Å²) < 4.78 is 0. The van der Waals surface area contributed by atoms with Crippen LogP contribution in [-0.2, 0) is 4.79 Å². The van der Waals surface area contributed by atoms with Crippen molar-refractivity contribution in [3.63, 3.8) is 0 Å². The summed E-state index contributed by atoms with van der Waals surface area (Å²) in [6, 6.07) is 11.1. The van der Waals surface area contributed by atoms with Gasteiger partial charge in [0.05, 0.1) is 12.2 Å². The van der Waals surface area contributed by atoms with Crippen molar-refractivity contribution in [1.82, 2.24) is 9.88 Å². The number of rotatable bonds is 5. The number of ketones is 1. The first-order chi connectivity index (χ1) is 12.5. The number of carbonyl (C=O) groups excluding carboxylic acids is 2. The molecule has 6 nitrogen and oxygen atoms in total. The van der Waals surface area contributed by atoms with Gasteiger partial charge in [-0.3, -0.25) is 14.5 Å². The average Bonchev–Trinajstić information content (AvgIpc) is 2.64. The van der Waals surface area contributed by atoms with E-state index in [1.807, 2.05) is 24.3 Å². The Morgan fingerprint density at radius 2 is 1.81 bits per heavy atom. The maximum Gasteiger partial charge on any atom is 0.238 e. The Kier molecular flexibility index (Phi) is 5.85. The van der Waals surface area contributed by atoms with Crippen LogP contribution in [0.2, 0.25) is 5.15 Å². The van der Waals surface area contributed by atoms with Crippen molar-refractivity contribution in [1.29, 1.82) is 0 Å². The number of Topliss-reactive ketones (excluding diaryl/α,β-unsaturated/α-hetero) is 1. The predicted molar refractivity (Wildman–Crippen MR) is 103 cm³/mol. The van der Waals surface area contributed by atoms with E-state index >= 15 is 0 Å². The first kappa shape index (κ1) is 18.4. The summed E-state index contributed by atoms with van der Waals surface area (Å²) in [6.07, 6.45) is 1.58. The van der Waals surface area contributed by atoms with Crippen molar-refractivity contribution in [3.05, 3.63) is 53.3 Å². The molecule has 26 heavy (non-hydrogen) atoms. The Morgan fingerprint density at radius 1 is 1.12 bits per heavy atom. The van der Waals surface area contributed by atoms with Gasteiger partial charge in [-0.1, -0.05) is 11.6 Å². The van der Waals surface area contributed by atoms with Crippen LogP contribution in [0, 0.1) is 0 Å². The molecular weight excluding hydrogens is 352 g/mol. The van der Waals surface area contributed by atoms with Crippen LogP contribution in [0.1, 0.15) is 17.3 Å². The summed E-state index contributed by atoms with van der Waals surface area (Å²) in [5.41, 5.74) is 2.35. The molecular formula is C19H21ClN4O2. The number of carbonyl (C=O) groups is 2. The van der Waals surface area contributed by atoms with Gasteiger partial charge in [-0.2, -0.15) is 0 Å². The van der Waals surface area contributed by atoms with Crippen molar-refractivity contribution in [2.45, 2.75) is 6.92 Å². The van der Waals surface area contributed by atoms with Crippen LogP contribution in [-0.4, -0.2) is 54.3 Å². The van der Waals surface area contributed by atoms with Crippen LogP contribution in [0.15, 0.2) is 42.6 Å². The summed E-state index contributed by atoms with van der Waals surface area (Å²) in [6.45, 7) is 5.14. The van der Waals surface area contributed by atoms with Gasteiger partial charge in [-0.05, 0) is 43.3 Å². The number of nitrogens with zero attached hydrogens (tertiary/aromatic N) is 3. The van der Waals surface area contributed by atoms with E-state index in [1.165, 1.54) is 0 Å². The smallest absolute Gasteiger partial charge is 0.238 e. The van der Waals surface area contributed by atoms with E-state index in [1.54, 1.807) is 25.3 Å². The Balaban J connectivity index is 1.49. The van der Waals surface area contributed by atoms with Crippen LogP contribution in [0.4, 0.5) is 11.4 Å². The number of pyridine rings is 1. The van der Waals surface area contributed by atoms with Crippen LogP contribution >= 0.6 is 11.6 Å². The third-order valence-electron chi connectivity index (χ3n) is 4.41. The monoisotopic (exact) mass is 372 g/mol. The molecule has 0 unspecified atom stereocenters. The zero-order valence-electron chi connectivity index (χ0n) is 14.6. The van der Waals surface area contributed by atoms with Gasteiger partial charge in [0.15, 0.2) is 10.9 Å². The number of halogens is 1. The van der Waals surface area contributed by atoms with E-state index in [-0.39, 0.29) is 11.7 Å². The molecule has 1 aromatic heterocycles. The third kappa shape index (κ3) is 4.59. The second-order valence-electron chi connectivity index (χ2n) is 6.26. The lowest BCUT2D eigenvalue weighted by Crippen LogP contribution is -2.48. The third-order valence-corrected chi connectivity index (χ3v) is 4.71. The molecule has 1 fully saturated rings. The molecule has 0 bridgehead atoms. The molecule has 136 valence electrons. The van der Waals surface area contributed by atoms with E-state index < -0.39 is 0 Å². The topological polar surface area (TPSA) is 65.5 Å². The van der Waals surface area contributed by atoms with Gasteiger partial charge in [0, 0.05) is 43.6 Å². The number of hydrogen-bond acceptors (Lipinski definition) is 5. The molecule has 1 amide bonds. The molecule has 0 radical (unpaired) electrons. The molecule has 0 aliphatic carbocycles. The molecule has 2 aromatic rings. The highest BCUT2D eigenvalue weighted by Crippen LogP contribution is 2.19. The normalized spacial score (nSPS) is 14.9. The Hall–Kier alpha value is -2.44. The molecule has 2 heterocycles. The maximum absolute atomic E-state index is 12.2. The Labute approximate surface area is 157 Å². The second kappa shape index (κ2) is 8.29. The molecule has 3 rings (SSSR count). The van der Waals surface area contributed by atoms with Gasteiger partial charge in [0.25, 0.3) is 0 Å². The lowest BCUT2D eigenvalue weighted by molar-refractivity contribution is -0.117. The standard InChI is InChI=1S/C19H21ClN4O2/c1-14(25)15-4-6-16(7-5-15)24-11-9-23(10-12-24)13-18(26)22-17-3-2-8-21-19(17)20/h2-8H,9-13H2,1H3,(H,22,26). The van der Waals surface area contributed by atoms with Crippen molar-refractivity contribution in [2.75, 3.05) is 42.9 Å². The lowest BCUT2D eigenvalue weighted by atomic mass is 10.1. The lowest BCUT2D eigenvalue weighted by Gasteiger charge is -2.35. The van der Waals surface area contributed by atoms with Crippen LogP contribution < -0.4 is 10.2 Å². The first-order valence-corrected chi connectivity index (χ1v) is 8.89. The highest BCUT2D eigenvalue weighted by atomic mass is 35.5. The predicted octanol–water partition coefficient (Wildman–Crippen LogP) is 2.70. The molecule has 1 aliphatic rings. The van der Waals surface area contributed by atoms with Gasteiger partial charge < -0.3 is 10.2 Å².